The zero-order valence-electron chi connectivity index (χ0n) is 20.2. The van der Waals surface area contributed by atoms with Gasteiger partial charge in [-0.2, -0.15) is 0 Å². The van der Waals surface area contributed by atoms with E-state index in [1.165, 1.54) is 70.6 Å². The van der Waals surface area contributed by atoms with Crippen LogP contribution in [-0.4, -0.2) is 43.0 Å². The van der Waals surface area contributed by atoms with Crippen molar-refractivity contribution in [3.8, 4) is 5.75 Å². The molecule has 0 unspecified atom stereocenters. The van der Waals surface area contributed by atoms with Gasteiger partial charge in [-0.05, 0) is 24.1 Å². The highest BCUT2D eigenvalue weighted by molar-refractivity contribution is 5.71. The molecular weight excluding hydrogens is 402 g/mol. The van der Waals surface area contributed by atoms with Crippen LogP contribution in [0.3, 0.4) is 0 Å². The third-order valence-corrected chi connectivity index (χ3v) is 6.95. The second-order valence-electron chi connectivity index (χ2n) is 9.44. The lowest BCUT2D eigenvalue weighted by Crippen LogP contribution is -2.36. The summed E-state index contributed by atoms with van der Waals surface area (Å²) in [7, 11) is 1.66. The van der Waals surface area contributed by atoms with Gasteiger partial charge in [-0.15, -0.1) is 0 Å². The van der Waals surface area contributed by atoms with Crippen LogP contribution in [0.1, 0.15) is 96.0 Å². The average Bonchev–Trinajstić information content (AvgIpc) is 3.34. The van der Waals surface area contributed by atoms with E-state index in [-0.39, 0.29) is 24.3 Å². The molecule has 3 rings (SSSR count). The summed E-state index contributed by atoms with van der Waals surface area (Å²) in [6.07, 6.45) is 16.9. The predicted octanol–water partition coefficient (Wildman–Crippen LogP) is 6.87. The Morgan fingerprint density at radius 1 is 0.906 bits per heavy atom. The first-order chi connectivity index (χ1) is 15.7. The Morgan fingerprint density at radius 2 is 1.50 bits per heavy atom. The number of fused-ring (bicyclic) bond motifs is 1. The summed E-state index contributed by atoms with van der Waals surface area (Å²) < 4.78 is 17.0. The van der Waals surface area contributed by atoms with E-state index in [0.29, 0.717) is 13.2 Å². The number of methoxy groups -OCH3 is 1. The van der Waals surface area contributed by atoms with E-state index in [2.05, 4.69) is 6.92 Å². The molecule has 32 heavy (non-hydrogen) atoms. The molecule has 2 aliphatic heterocycles. The van der Waals surface area contributed by atoms with Crippen LogP contribution in [0.2, 0.25) is 0 Å². The van der Waals surface area contributed by atoms with Gasteiger partial charge in [-0.25, -0.2) is 4.79 Å². The smallest absolute Gasteiger partial charge is 0.410 e. The summed E-state index contributed by atoms with van der Waals surface area (Å²) in [5, 5.41) is 0. The quantitative estimate of drug-likeness (QED) is 0.260. The molecule has 1 aromatic carbocycles. The highest BCUT2D eigenvalue weighted by Crippen LogP contribution is 2.33. The lowest BCUT2D eigenvalue weighted by Gasteiger charge is -2.19. The Labute approximate surface area is 194 Å². The molecule has 0 N–H and O–H groups in total. The van der Waals surface area contributed by atoms with Gasteiger partial charge in [0.15, 0.2) is 6.10 Å². The van der Waals surface area contributed by atoms with Crippen LogP contribution in [0.25, 0.3) is 0 Å². The molecule has 2 heterocycles. The van der Waals surface area contributed by atoms with Crippen molar-refractivity contribution in [3.63, 3.8) is 0 Å². The molecule has 3 atom stereocenters. The van der Waals surface area contributed by atoms with Crippen molar-refractivity contribution < 1.29 is 19.0 Å². The van der Waals surface area contributed by atoms with E-state index in [1.807, 2.05) is 29.2 Å². The van der Waals surface area contributed by atoms with Gasteiger partial charge in [0.25, 0.3) is 0 Å². The summed E-state index contributed by atoms with van der Waals surface area (Å²) in [4.78, 5) is 14.3. The van der Waals surface area contributed by atoms with Gasteiger partial charge in [0, 0.05) is 6.54 Å². The standard InChI is InChI=1S/C27H43NO4/c1-3-4-5-6-7-8-9-10-11-12-13-14-15-25-26-24(21-31-25)28(27(29)32-26)20-22-16-18-23(30-2)19-17-22/h16-19,24-26H,3-15,20-21H2,1-2H3/t24-,25-,26-/m1/s1. The van der Waals surface area contributed by atoms with Crippen molar-refractivity contribution in [1.82, 2.24) is 4.90 Å². The van der Waals surface area contributed by atoms with E-state index < -0.39 is 0 Å². The minimum atomic E-state index is -0.209. The van der Waals surface area contributed by atoms with Gasteiger partial charge < -0.3 is 14.2 Å². The summed E-state index contributed by atoms with van der Waals surface area (Å²) in [5.74, 6) is 0.822. The van der Waals surface area contributed by atoms with E-state index in [0.717, 1.165) is 24.2 Å². The van der Waals surface area contributed by atoms with Crippen molar-refractivity contribution in [2.24, 2.45) is 0 Å². The van der Waals surface area contributed by atoms with Crippen LogP contribution >= 0.6 is 0 Å². The molecule has 0 spiro atoms. The van der Waals surface area contributed by atoms with Crippen LogP contribution in [0.15, 0.2) is 24.3 Å². The summed E-state index contributed by atoms with van der Waals surface area (Å²) >= 11 is 0. The summed E-state index contributed by atoms with van der Waals surface area (Å²) in [6.45, 7) is 3.41. The Morgan fingerprint density at radius 3 is 2.09 bits per heavy atom. The topological polar surface area (TPSA) is 48.0 Å². The van der Waals surface area contributed by atoms with Gasteiger partial charge in [0.1, 0.15) is 5.75 Å². The average molecular weight is 446 g/mol. The van der Waals surface area contributed by atoms with E-state index in [9.17, 15) is 4.79 Å². The molecule has 0 radical (unpaired) electrons. The van der Waals surface area contributed by atoms with Gasteiger partial charge in [-0.1, -0.05) is 96.1 Å². The predicted molar refractivity (Wildman–Crippen MR) is 128 cm³/mol. The van der Waals surface area contributed by atoms with Gasteiger partial charge in [0.2, 0.25) is 0 Å². The van der Waals surface area contributed by atoms with Crippen molar-refractivity contribution in [2.75, 3.05) is 13.7 Å². The third kappa shape index (κ3) is 7.40. The molecule has 0 saturated carbocycles. The zero-order valence-corrected chi connectivity index (χ0v) is 20.2. The van der Waals surface area contributed by atoms with Crippen LogP contribution in [-0.2, 0) is 16.0 Å². The maximum Gasteiger partial charge on any atom is 0.410 e. The molecule has 1 amide bonds. The fraction of sp³-hybridized carbons (Fsp3) is 0.741. The van der Waals surface area contributed by atoms with Crippen molar-refractivity contribution in [3.05, 3.63) is 29.8 Å². The number of unbranched alkanes of at least 4 members (excludes halogenated alkanes) is 11. The number of benzene rings is 1. The maximum atomic E-state index is 12.5. The highest BCUT2D eigenvalue weighted by Gasteiger charge is 2.50. The fourth-order valence-corrected chi connectivity index (χ4v) is 4.94. The summed E-state index contributed by atoms with van der Waals surface area (Å²) in [6, 6.07) is 7.89. The molecule has 2 fully saturated rings. The first-order valence-electron chi connectivity index (χ1n) is 12.9. The minimum absolute atomic E-state index is 0.0342. The molecule has 2 aliphatic rings. The van der Waals surface area contributed by atoms with Crippen LogP contribution in [0.5, 0.6) is 5.75 Å². The van der Waals surface area contributed by atoms with Gasteiger partial charge in [0.05, 0.1) is 25.9 Å². The largest absolute Gasteiger partial charge is 0.497 e. The number of amides is 1. The number of hydrogen-bond donors (Lipinski definition) is 0. The van der Waals surface area contributed by atoms with Crippen molar-refractivity contribution in [2.45, 2.75) is 115 Å². The first kappa shape index (κ1) is 24.9. The number of carbonyl (C=O) groups is 1. The SMILES string of the molecule is CCCCCCCCCCCCCC[C@H]1OC[C@@H]2[C@H]1OC(=O)N2Cc1ccc(OC)cc1. The van der Waals surface area contributed by atoms with E-state index in [4.69, 9.17) is 14.2 Å². The number of rotatable bonds is 16. The number of ether oxygens (including phenoxy) is 3. The van der Waals surface area contributed by atoms with Crippen molar-refractivity contribution >= 4 is 6.09 Å². The second kappa shape index (κ2) is 13.7. The van der Waals surface area contributed by atoms with Crippen LogP contribution < -0.4 is 4.74 Å². The normalized spacial score (nSPS) is 22.2. The van der Waals surface area contributed by atoms with E-state index in [1.54, 1.807) is 7.11 Å². The maximum absolute atomic E-state index is 12.5. The van der Waals surface area contributed by atoms with Crippen molar-refractivity contribution in [1.29, 1.82) is 0 Å². The molecular formula is C27H43NO4. The molecule has 5 heteroatoms. The second-order valence-corrected chi connectivity index (χ2v) is 9.44. The lowest BCUT2D eigenvalue weighted by molar-refractivity contribution is 0.0234. The molecule has 2 saturated heterocycles. The Kier molecular flexibility index (Phi) is 10.7. The van der Waals surface area contributed by atoms with Gasteiger partial charge >= 0.3 is 6.09 Å². The zero-order chi connectivity index (χ0) is 22.6. The molecule has 5 nitrogen and oxygen atoms in total. The number of carbonyl (C=O) groups excluding carboxylic acids is 1. The molecule has 1 aromatic rings. The van der Waals surface area contributed by atoms with Gasteiger partial charge in [-0.3, -0.25) is 4.90 Å². The fourth-order valence-electron chi connectivity index (χ4n) is 4.94. The molecule has 0 aliphatic carbocycles. The third-order valence-electron chi connectivity index (χ3n) is 6.95. The number of nitrogens with zero attached hydrogens (tertiary/aromatic N) is 1. The Hall–Kier alpha value is -1.75. The Bertz CT molecular complexity index is 662. The van der Waals surface area contributed by atoms with Crippen LogP contribution in [0, 0.1) is 0 Å². The monoisotopic (exact) mass is 445 g/mol. The molecule has 0 aromatic heterocycles. The molecule has 0 bridgehead atoms. The molecule has 180 valence electrons. The lowest BCUT2D eigenvalue weighted by atomic mass is 10.0. The number of hydrogen-bond acceptors (Lipinski definition) is 4. The van der Waals surface area contributed by atoms with E-state index >= 15 is 0 Å². The van der Waals surface area contributed by atoms with Crippen LogP contribution in [0.4, 0.5) is 4.79 Å². The Balaban J connectivity index is 1.27. The highest BCUT2D eigenvalue weighted by atomic mass is 16.6. The minimum Gasteiger partial charge on any atom is -0.497 e. The summed E-state index contributed by atoms with van der Waals surface area (Å²) in [5.41, 5.74) is 1.08. The first-order valence-corrected chi connectivity index (χ1v) is 12.9.